The van der Waals surface area contributed by atoms with Gasteiger partial charge in [0.25, 0.3) is 0 Å². The van der Waals surface area contributed by atoms with Gasteiger partial charge >= 0.3 is 0 Å². The van der Waals surface area contributed by atoms with E-state index in [9.17, 15) is 18.0 Å². The zero-order valence-corrected chi connectivity index (χ0v) is 22.6. The standard InChI is InChI=1S/C25H32ClN3O6S/c1-6-36(32,33)29(20-11-12-21-22(13-20)35-16-34-21)15-23(30)28(14-18-7-9-19(26)10-8-18)17(2)24(31)27-25(3,4)5/h7-13,17H,6,14-16H2,1-5H3,(H,27,31)/t17-/m1/s1. The largest absolute Gasteiger partial charge is 0.454 e. The van der Waals surface area contributed by atoms with Gasteiger partial charge in [0.15, 0.2) is 11.5 Å². The van der Waals surface area contributed by atoms with Crippen LogP contribution >= 0.6 is 11.6 Å². The average molecular weight is 538 g/mol. The lowest BCUT2D eigenvalue weighted by atomic mass is 10.1. The highest BCUT2D eigenvalue weighted by Gasteiger charge is 2.32. The van der Waals surface area contributed by atoms with Crippen LogP contribution in [0, 0.1) is 0 Å². The molecule has 1 aliphatic heterocycles. The number of carbonyl (C=O) groups is 2. The van der Waals surface area contributed by atoms with Gasteiger partial charge in [0.2, 0.25) is 28.6 Å². The molecule has 0 unspecified atom stereocenters. The molecule has 36 heavy (non-hydrogen) atoms. The number of nitrogens with one attached hydrogen (secondary N) is 1. The number of benzene rings is 2. The van der Waals surface area contributed by atoms with Crippen molar-refractivity contribution in [2.24, 2.45) is 0 Å². The van der Waals surface area contributed by atoms with Gasteiger partial charge in [-0.3, -0.25) is 13.9 Å². The second-order valence-electron chi connectivity index (χ2n) is 9.51. The van der Waals surface area contributed by atoms with Gasteiger partial charge in [0.1, 0.15) is 12.6 Å². The molecule has 0 saturated carbocycles. The van der Waals surface area contributed by atoms with Gasteiger partial charge in [-0.1, -0.05) is 23.7 Å². The number of rotatable bonds is 9. The van der Waals surface area contributed by atoms with E-state index < -0.39 is 34.1 Å². The minimum atomic E-state index is -3.84. The first kappa shape index (κ1) is 27.6. The lowest BCUT2D eigenvalue weighted by molar-refractivity contribution is -0.140. The Hall–Kier alpha value is -2.98. The number of sulfonamides is 1. The van der Waals surface area contributed by atoms with Crippen LogP contribution in [0.4, 0.5) is 5.69 Å². The van der Waals surface area contributed by atoms with E-state index in [1.165, 1.54) is 17.9 Å². The first-order chi connectivity index (χ1) is 16.8. The smallest absolute Gasteiger partial charge is 0.244 e. The van der Waals surface area contributed by atoms with Crippen LogP contribution in [0.15, 0.2) is 42.5 Å². The van der Waals surface area contributed by atoms with E-state index in [1.54, 1.807) is 43.3 Å². The van der Waals surface area contributed by atoms with Crippen molar-refractivity contribution < 1.29 is 27.5 Å². The summed E-state index contributed by atoms with van der Waals surface area (Å²) in [7, 11) is -3.84. The fourth-order valence-corrected chi connectivity index (χ4v) is 4.78. The molecule has 3 rings (SSSR count). The van der Waals surface area contributed by atoms with Crippen molar-refractivity contribution in [3.05, 3.63) is 53.1 Å². The van der Waals surface area contributed by atoms with E-state index in [-0.39, 0.29) is 30.7 Å². The number of amides is 2. The van der Waals surface area contributed by atoms with Crippen molar-refractivity contribution in [3.8, 4) is 11.5 Å². The normalized spacial score (nSPS) is 13.7. The Balaban J connectivity index is 1.94. The zero-order valence-electron chi connectivity index (χ0n) is 21.1. The van der Waals surface area contributed by atoms with Crippen LogP contribution in [0.25, 0.3) is 0 Å². The van der Waals surface area contributed by atoms with Crippen molar-refractivity contribution in [3.63, 3.8) is 0 Å². The minimum Gasteiger partial charge on any atom is -0.454 e. The summed E-state index contributed by atoms with van der Waals surface area (Å²) < 4.78 is 37.8. The van der Waals surface area contributed by atoms with Crippen LogP contribution in [0.1, 0.15) is 40.2 Å². The predicted octanol–water partition coefficient (Wildman–Crippen LogP) is 3.56. The number of fused-ring (bicyclic) bond motifs is 1. The van der Waals surface area contributed by atoms with Crippen molar-refractivity contribution in [2.75, 3.05) is 23.4 Å². The first-order valence-electron chi connectivity index (χ1n) is 11.6. The quantitative estimate of drug-likeness (QED) is 0.524. The van der Waals surface area contributed by atoms with E-state index in [0.29, 0.717) is 16.5 Å². The Morgan fingerprint density at radius 2 is 1.72 bits per heavy atom. The molecule has 9 nitrogen and oxygen atoms in total. The number of anilines is 1. The van der Waals surface area contributed by atoms with Crippen LogP contribution in [0.2, 0.25) is 5.02 Å². The van der Waals surface area contributed by atoms with Crippen molar-refractivity contribution in [1.29, 1.82) is 0 Å². The van der Waals surface area contributed by atoms with Crippen molar-refractivity contribution in [2.45, 2.75) is 52.7 Å². The lowest BCUT2D eigenvalue weighted by Crippen LogP contribution is -2.54. The maximum atomic E-state index is 13.7. The molecule has 2 aromatic rings. The van der Waals surface area contributed by atoms with Crippen LogP contribution in [0.5, 0.6) is 11.5 Å². The fraction of sp³-hybridized carbons (Fsp3) is 0.440. The van der Waals surface area contributed by atoms with Gasteiger partial charge in [-0.15, -0.1) is 0 Å². The van der Waals surface area contributed by atoms with Gasteiger partial charge in [0, 0.05) is 23.2 Å². The van der Waals surface area contributed by atoms with E-state index >= 15 is 0 Å². The summed E-state index contributed by atoms with van der Waals surface area (Å²) in [6.45, 7) is 8.30. The molecule has 0 aliphatic carbocycles. The van der Waals surface area contributed by atoms with Crippen LogP contribution in [0.3, 0.4) is 0 Å². The minimum absolute atomic E-state index is 0.0352. The Bertz CT molecular complexity index is 1210. The summed E-state index contributed by atoms with van der Waals surface area (Å²) in [5, 5.41) is 3.43. The molecule has 1 N–H and O–H groups in total. The summed E-state index contributed by atoms with van der Waals surface area (Å²) in [6.07, 6.45) is 0. The third-order valence-electron chi connectivity index (χ3n) is 5.56. The number of hydrogen-bond acceptors (Lipinski definition) is 6. The average Bonchev–Trinajstić information content (AvgIpc) is 3.28. The molecule has 196 valence electrons. The number of halogens is 1. The van der Waals surface area contributed by atoms with Crippen molar-refractivity contribution in [1.82, 2.24) is 10.2 Å². The molecule has 0 aromatic heterocycles. The Kier molecular flexibility index (Phi) is 8.40. The SMILES string of the molecule is CCS(=O)(=O)N(CC(=O)N(Cc1ccc(Cl)cc1)[C@H](C)C(=O)NC(C)(C)C)c1ccc2c(c1)OCO2. The topological polar surface area (TPSA) is 105 Å². The number of nitrogens with zero attached hydrogens (tertiary/aromatic N) is 2. The van der Waals surface area contributed by atoms with E-state index in [1.807, 2.05) is 20.8 Å². The molecular formula is C25H32ClN3O6S. The molecule has 1 heterocycles. The van der Waals surface area contributed by atoms with Crippen LogP contribution in [-0.4, -0.2) is 55.8 Å². The van der Waals surface area contributed by atoms with Crippen LogP contribution in [-0.2, 0) is 26.2 Å². The maximum Gasteiger partial charge on any atom is 0.244 e. The fourth-order valence-electron chi connectivity index (χ4n) is 3.60. The molecule has 0 bridgehead atoms. The second kappa shape index (κ2) is 11.0. The first-order valence-corrected chi connectivity index (χ1v) is 13.6. The Morgan fingerprint density at radius 3 is 2.33 bits per heavy atom. The van der Waals surface area contributed by atoms with E-state index in [4.69, 9.17) is 21.1 Å². The summed E-state index contributed by atoms with van der Waals surface area (Å²) >= 11 is 6.00. The highest BCUT2D eigenvalue weighted by Crippen LogP contribution is 2.36. The Morgan fingerprint density at radius 1 is 1.08 bits per heavy atom. The van der Waals surface area contributed by atoms with Gasteiger partial charge < -0.3 is 19.7 Å². The molecule has 1 atom stereocenters. The molecule has 2 aromatic carbocycles. The molecule has 0 fully saturated rings. The highest BCUT2D eigenvalue weighted by molar-refractivity contribution is 7.92. The molecule has 2 amide bonds. The summed E-state index contributed by atoms with van der Waals surface area (Å²) in [5.41, 5.74) is 0.508. The molecule has 1 aliphatic rings. The summed E-state index contributed by atoms with van der Waals surface area (Å²) in [5.74, 6) is -0.205. The van der Waals surface area contributed by atoms with Crippen LogP contribution < -0.4 is 19.1 Å². The summed E-state index contributed by atoms with van der Waals surface area (Å²) in [6, 6.07) is 10.7. The van der Waals surface area contributed by atoms with Gasteiger partial charge in [-0.25, -0.2) is 8.42 Å². The third-order valence-corrected chi connectivity index (χ3v) is 7.55. The Labute approximate surface area is 217 Å². The monoisotopic (exact) mass is 537 g/mol. The number of hydrogen-bond donors (Lipinski definition) is 1. The molecule has 0 spiro atoms. The van der Waals surface area contributed by atoms with E-state index in [2.05, 4.69) is 5.32 Å². The van der Waals surface area contributed by atoms with E-state index in [0.717, 1.165) is 9.87 Å². The van der Waals surface area contributed by atoms with Crippen molar-refractivity contribution >= 4 is 39.1 Å². The van der Waals surface area contributed by atoms with Gasteiger partial charge in [0.05, 0.1) is 11.4 Å². The highest BCUT2D eigenvalue weighted by atomic mass is 35.5. The molecule has 11 heteroatoms. The molecule has 0 radical (unpaired) electrons. The maximum absolute atomic E-state index is 13.7. The summed E-state index contributed by atoms with van der Waals surface area (Å²) in [4.78, 5) is 28.0. The second-order valence-corrected chi connectivity index (χ2v) is 12.1. The lowest BCUT2D eigenvalue weighted by Gasteiger charge is -2.33. The number of ether oxygens (including phenoxy) is 2. The molecular weight excluding hydrogens is 506 g/mol. The predicted molar refractivity (Wildman–Crippen MR) is 139 cm³/mol. The third kappa shape index (κ3) is 6.82. The zero-order chi connectivity index (χ0) is 26.7. The number of carbonyl (C=O) groups excluding carboxylic acids is 2. The molecule has 0 saturated heterocycles. The van der Waals surface area contributed by atoms with Gasteiger partial charge in [-0.05, 0) is 64.4 Å². The van der Waals surface area contributed by atoms with Gasteiger partial charge in [-0.2, -0.15) is 0 Å².